The molecule has 112 valence electrons. The summed E-state index contributed by atoms with van der Waals surface area (Å²) in [5.74, 6) is 0.279. The van der Waals surface area contributed by atoms with Gasteiger partial charge in [-0.15, -0.1) is 0 Å². The van der Waals surface area contributed by atoms with Crippen LogP contribution in [0.15, 0.2) is 36.5 Å². The van der Waals surface area contributed by atoms with Gasteiger partial charge in [-0.25, -0.2) is 4.79 Å². The summed E-state index contributed by atoms with van der Waals surface area (Å²) in [4.78, 5) is 12.0. The molecule has 0 aliphatic carbocycles. The number of aryl methyl sites for hydroxylation is 1. The van der Waals surface area contributed by atoms with Gasteiger partial charge in [0.15, 0.2) is 0 Å². The molecule has 0 radical (unpaired) electrons. The molecule has 0 amide bonds. The van der Waals surface area contributed by atoms with Gasteiger partial charge in [0, 0.05) is 12.7 Å². The van der Waals surface area contributed by atoms with E-state index in [1.54, 1.807) is 0 Å². The van der Waals surface area contributed by atoms with E-state index in [2.05, 4.69) is 38.1 Å². The highest BCUT2D eigenvalue weighted by Gasteiger charge is 2.15. The lowest BCUT2D eigenvalue weighted by Gasteiger charge is -2.11. The van der Waals surface area contributed by atoms with Crippen molar-refractivity contribution < 1.29 is 9.53 Å². The Kier molecular flexibility index (Phi) is 4.84. The van der Waals surface area contributed by atoms with E-state index in [1.165, 1.54) is 11.1 Å². The van der Waals surface area contributed by atoms with Gasteiger partial charge in [-0.05, 0) is 42.5 Å². The molecule has 0 aliphatic heterocycles. The molecule has 2 rings (SSSR count). The average Bonchev–Trinajstić information content (AvgIpc) is 2.80. The smallest absolute Gasteiger partial charge is 0.355 e. The van der Waals surface area contributed by atoms with E-state index in [0.717, 1.165) is 5.56 Å². The van der Waals surface area contributed by atoms with Crippen LogP contribution in [0.4, 0.5) is 0 Å². The molecule has 0 aliphatic rings. The number of hydrogen-bond acceptors (Lipinski definition) is 2. The molecule has 0 saturated heterocycles. The minimum Gasteiger partial charge on any atom is -0.461 e. The van der Waals surface area contributed by atoms with Gasteiger partial charge >= 0.3 is 5.97 Å². The molecule has 0 saturated carbocycles. The first kappa shape index (κ1) is 15.4. The van der Waals surface area contributed by atoms with Crippen LogP contribution in [0.25, 0.3) is 0 Å². The number of hydrogen-bond donors (Lipinski definition) is 0. The molecule has 3 heteroatoms. The zero-order chi connectivity index (χ0) is 15.4. The topological polar surface area (TPSA) is 31.2 Å². The lowest BCUT2D eigenvalue weighted by molar-refractivity contribution is 0.0513. The fraction of sp³-hybridized carbons (Fsp3) is 0.389. The van der Waals surface area contributed by atoms with Gasteiger partial charge in [0.05, 0.1) is 6.61 Å². The van der Waals surface area contributed by atoms with Crippen molar-refractivity contribution in [3.8, 4) is 0 Å². The van der Waals surface area contributed by atoms with Gasteiger partial charge < -0.3 is 9.30 Å². The number of carbonyl (C=O) groups excluding carboxylic acids is 1. The Hall–Kier alpha value is -2.03. The number of ether oxygens (including phenoxy) is 1. The van der Waals surface area contributed by atoms with Crippen molar-refractivity contribution in [3.63, 3.8) is 0 Å². The number of nitrogens with zero attached hydrogens (tertiary/aromatic N) is 1. The van der Waals surface area contributed by atoms with Gasteiger partial charge in [-0.3, -0.25) is 0 Å². The van der Waals surface area contributed by atoms with Crippen LogP contribution in [-0.2, 0) is 11.3 Å². The Morgan fingerprint density at radius 3 is 2.43 bits per heavy atom. The van der Waals surface area contributed by atoms with Gasteiger partial charge in [-0.1, -0.05) is 38.1 Å². The SMILES string of the molecule is CCOC(=O)c1c(C)ccn1Cc1ccc(C(C)C)cc1. The highest BCUT2D eigenvalue weighted by molar-refractivity contribution is 5.89. The highest BCUT2D eigenvalue weighted by Crippen LogP contribution is 2.17. The zero-order valence-electron chi connectivity index (χ0n) is 13.2. The van der Waals surface area contributed by atoms with Crippen molar-refractivity contribution in [1.82, 2.24) is 4.57 Å². The Morgan fingerprint density at radius 1 is 1.19 bits per heavy atom. The average molecular weight is 285 g/mol. The molecule has 2 aromatic rings. The molecule has 1 heterocycles. The van der Waals surface area contributed by atoms with E-state index >= 15 is 0 Å². The molecular weight excluding hydrogens is 262 g/mol. The molecule has 0 N–H and O–H groups in total. The first-order valence-electron chi connectivity index (χ1n) is 7.44. The molecule has 3 nitrogen and oxygen atoms in total. The minimum absolute atomic E-state index is 0.251. The first-order valence-corrected chi connectivity index (χ1v) is 7.44. The van der Waals surface area contributed by atoms with Crippen molar-refractivity contribution >= 4 is 5.97 Å². The zero-order valence-corrected chi connectivity index (χ0v) is 13.2. The summed E-state index contributed by atoms with van der Waals surface area (Å²) < 4.78 is 7.09. The number of benzene rings is 1. The standard InChI is InChI=1S/C18H23NO2/c1-5-21-18(20)17-14(4)10-11-19(17)12-15-6-8-16(9-7-15)13(2)3/h6-11,13H,5,12H2,1-4H3. The lowest BCUT2D eigenvalue weighted by Crippen LogP contribution is -2.13. The van der Waals surface area contributed by atoms with Crippen LogP contribution in [0.2, 0.25) is 0 Å². The summed E-state index contributed by atoms with van der Waals surface area (Å²) >= 11 is 0. The minimum atomic E-state index is -0.251. The Labute approximate surface area is 126 Å². The second-order valence-corrected chi connectivity index (χ2v) is 5.59. The van der Waals surface area contributed by atoms with E-state index < -0.39 is 0 Å². The summed E-state index contributed by atoms with van der Waals surface area (Å²) in [6.07, 6.45) is 1.94. The molecule has 1 aromatic heterocycles. The molecule has 0 spiro atoms. The Balaban J connectivity index is 2.21. The maximum Gasteiger partial charge on any atom is 0.355 e. The fourth-order valence-electron chi connectivity index (χ4n) is 2.40. The van der Waals surface area contributed by atoms with Gasteiger partial charge in [0.1, 0.15) is 5.69 Å². The molecule has 1 aromatic carbocycles. The Bertz CT molecular complexity index is 609. The number of esters is 1. The van der Waals surface area contributed by atoms with Crippen molar-refractivity contribution in [1.29, 1.82) is 0 Å². The number of aromatic nitrogens is 1. The summed E-state index contributed by atoms with van der Waals surface area (Å²) in [5.41, 5.74) is 4.10. The Morgan fingerprint density at radius 2 is 1.86 bits per heavy atom. The summed E-state index contributed by atoms with van der Waals surface area (Å²) in [6, 6.07) is 10.5. The summed E-state index contributed by atoms with van der Waals surface area (Å²) in [5, 5.41) is 0. The van der Waals surface area contributed by atoms with Crippen molar-refractivity contribution in [2.45, 2.75) is 40.2 Å². The molecule has 0 bridgehead atoms. The van der Waals surface area contributed by atoms with E-state index in [1.807, 2.05) is 30.7 Å². The van der Waals surface area contributed by atoms with E-state index in [-0.39, 0.29) is 5.97 Å². The third-order valence-electron chi connectivity index (χ3n) is 3.63. The molecular formula is C18H23NO2. The van der Waals surface area contributed by atoms with Crippen LogP contribution < -0.4 is 0 Å². The van der Waals surface area contributed by atoms with Crippen molar-refractivity contribution in [3.05, 3.63) is 58.9 Å². The van der Waals surface area contributed by atoms with Crippen molar-refractivity contribution in [2.24, 2.45) is 0 Å². The van der Waals surface area contributed by atoms with Crippen LogP contribution in [0, 0.1) is 6.92 Å². The maximum absolute atomic E-state index is 12.0. The second kappa shape index (κ2) is 6.61. The van der Waals surface area contributed by atoms with E-state index in [9.17, 15) is 4.79 Å². The summed E-state index contributed by atoms with van der Waals surface area (Å²) in [7, 11) is 0. The van der Waals surface area contributed by atoms with Gasteiger partial charge in [-0.2, -0.15) is 0 Å². The summed E-state index contributed by atoms with van der Waals surface area (Å²) in [6.45, 7) is 9.20. The maximum atomic E-state index is 12.0. The van der Waals surface area contributed by atoms with E-state index in [0.29, 0.717) is 24.8 Å². The van der Waals surface area contributed by atoms with Crippen LogP contribution in [0.5, 0.6) is 0 Å². The van der Waals surface area contributed by atoms with Gasteiger partial charge in [0.25, 0.3) is 0 Å². The number of rotatable bonds is 5. The second-order valence-electron chi connectivity index (χ2n) is 5.59. The fourth-order valence-corrected chi connectivity index (χ4v) is 2.40. The van der Waals surface area contributed by atoms with Crippen molar-refractivity contribution in [2.75, 3.05) is 6.61 Å². The predicted molar refractivity (Wildman–Crippen MR) is 84.8 cm³/mol. The van der Waals surface area contributed by atoms with Crippen LogP contribution in [0.3, 0.4) is 0 Å². The molecule has 0 unspecified atom stereocenters. The van der Waals surface area contributed by atoms with Gasteiger partial charge in [0.2, 0.25) is 0 Å². The molecule has 0 atom stereocenters. The largest absolute Gasteiger partial charge is 0.461 e. The van der Waals surface area contributed by atoms with Crippen LogP contribution in [0.1, 0.15) is 53.9 Å². The van der Waals surface area contributed by atoms with Crippen LogP contribution in [-0.4, -0.2) is 17.1 Å². The highest BCUT2D eigenvalue weighted by atomic mass is 16.5. The van der Waals surface area contributed by atoms with Crippen LogP contribution >= 0.6 is 0 Å². The quantitative estimate of drug-likeness (QED) is 0.773. The normalized spacial score (nSPS) is 10.9. The third-order valence-corrected chi connectivity index (χ3v) is 3.63. The first-order chi connectivity index (χ1) is 10.0. The van der Waals surface area contributed by atoms with E-state index in [4.69, 9.17) is 4.74 Å². The predicted octanol–water partition coefficient (Wildman–Crippen LogP) is 4.14. The lowest BCUT2D eigenvalue weighted by atomic mass is 10.0. The molecule has 0 fully saturated rings. The third kappa shape index (κ3) is 3.54. The number of carbonyl (C=O) groups is 1. The monoisotopic (exact) mass is 285 g/mol. The molecule has 21 heavy (non-hydrogen) atoms.